The van der Waals surface area contributed by atoms with Crippen molar-refractivity contribution in [3.8, 4) is 0 Å². The summed E-state index contributed by atoms with van der Waals surface area (Å²) in [5.41, 5.74) is 2.04. The Hall–Kier alpha value is -1.42. The Bertz CT molecular complexity index is 369. The zero-order chi connectivity index (χ0) is 12.1. The van der Waals surface area contributed by atoms with E-state index in [1.807, 2.05) is 25.3 Å². The Morgan fingerprint density at radius 2 is 2.41 bits per heavy atom. The second-order valence-corrected chi connectivity index (χ2v) is 4.53. The van der Waals surface area contributed by atoms with Crippen LogP contribution in [0.1, 0.15) is 30.5 Å². The van der Waals surface area contributed by atoms with Gasteiger partial charge in [-0.2, -0.15) is 0 Å². The van der Waals surface area contributed by atoms with Gasteiger partial charge in [-0.15, -0.1) is 0 Å². The average Bonchev–Trinajstić information content (AvgIpc) is 2.39. The molecular weight excluding hydrogens is 214 g/mol. The summed E-state index contributed by atoms with van der Waals surface area (Å²) < 4.78 is 0. The molecule has 2 rings (SSSR count). The fourth-order valence-corrected chi connectivity index (χ4v) is 1.99. The van der Waals surface area contributed by atoms with E-state index in [-0.39, 0.29) is 11.9 Å². The van der Waals surface area contributed by atoms with Crippen molar-refractivity contribution in [1.29, 1.82) is 0 Å². The van der Waals surface area contributed by atoms with Gasteiger partial charge in [0.2, 0.25) is 5.91 Å². The van der Waals surface area contributed by atoms with Crippen molar-refractivity contribution in [2.24, 2.45) is 0 Å². The first-order valence-electron chi connectivity index (χ1n) is 6.18. The molecule has 4 nitrogen and oxygen atoms in total. The molecule has 0 spiro atoms. The van der Waals surface area contributed by atoms with E-state index in [4.69, 9.17) is 0 Å². The first-order valence-corrected chi connectivity index (χ1v) is 6.18. The third-order valence-corrected chi connectivity index (χ3v) is 3.07. The molecule has 1 amide bonds. The fourth-order valence-electron chi connectivity index (χ4n) is 1.99. The minimum atomic E-state index is -0.0119. The molecule has 1 atom stereocenters. The molecule has 1 aromatic heterocycles. The van der Waals surface area contributed by atoms with E-state index in [9.17, 15) is 4.79 Å². The number of aromatic nitrogens is 1. The predicted octanol–water partition coefficient (Wildman–Crippen LogP) is 1.15. The van der Waals surface area contributed by atoms with Crippen molar-refractivity contribution in [3.05, 3.63) is 29.6 Å². The van der Waals surface area contributed by atoms with E-state index in [0.717, 1.165) is 30.6 Å². The topological polar surface area (TPSA) is 54.0 Å². The van der Waals surface area contributed by atoms with E-state index in [2.05, 4.69) is 15.6 Å². The zero-order valence-corrected chi connectivity index (χ0v) is 10.2. The second-order valence-electron chi connectivity index (χ2n) is 4.53. The van der Waals surface area contributed by atoms with E-state index < -0.39 is 0 Å². The monoisotopic (exact) mass is 233 g/mol. The molecular formula is C13H19N3O. The lowest BCUT2D eigenvalue weighted by Crippen LogP contribution is -2.46. The molecule has 4 heteroatoms. The standard InChI is InChI=1S/C13H19N3O/c1-10-5-6-11(8-15-10)9-16-13(17)12-4-2-3-7-14-12/h5-6,8,12,14H,2-4,7,9H2,1H3,(H,16,17). The molecule has 92 valence electrons. The number of hydrogen-bond acceptors (Lipinski definition) is 3. The van der Waals surface area contributed by atoms with Gasteiger partial charge in [0, 0.05) is 18.4 Å². The van der Waals surface area contributed by atoms with Gasteiger partial charge in [0.15, 0.2) is 0 Å². The number of pyridine rings is 1. The van der Waals surface area contributed by atoms with Gasteiger partial charge in [-0.25, -0.2) is 0 Å². The third-order valence-electron chi connectivity index (χ3n) is 3.07. The summed E-state index contributed by atoms with van der Waals surface area (Å²) in [5.74, 6) is 0.102. The summed E-state index contributed by atoms with van der Waals surface area (Å²) in [6, 6.07) is 3.94. The number of carbonyl (C=O) groups is 1. The maximum absolute atomic E-state index is 11.8. The summed E-state index contributed by atoms with van der Waals surface area (Å²) in [5, 5.41) is 6.18. The van der Waals surface area contributed by atoms with E-state index in [1.165, 1.54) is 6.42 Å². The van der Waals surface area contributed by atoms with Gasteiger partial charge < -0.3 is 10.6 Å². The maximum atomic E-state index is 11.8. The van der Waals surface area contributed by atoms with Gasteiger partial charge in [-0.05, 0) is 37.9 Å². The van der Waals surface area contributed by atoms with Crippen molar-refractivity contribution in [2.75, 3.05) is 6.54 Å². The molecule has 0 radical (unpaired) electrons. The molecule has 1 fully saturated rings. The van der Waals surface area contributed by atoms with Crippen LogP contribution >= 0.6 is 0 Å². The van der Waals surface area contributed by atoms with Crippen LogP contribution in [0.15, 0.2) is 18.3 Å². The number of carbonyl (C=O) groups excluding carboxylic acids is 1. The summed E-state index contributed by atoms with van der Waals surface area (Å²) in [6.45, 7) is 3.46. The molecule has 1 unspecified atom stereocenters. The number of amides is 1. The van der Waals surface area contributed by atoms with Crippen molar-refractivity contribution in [3.63, 3.8) is 0 Å². The van der Waals surface area contributed by atoms with Crippen molar-refractivity contribution in [2.45, 2.75) is 38.8 Å². The van der Waals surface area contributed by atoms with Crippen LogP contribution in [0, 0.1) is 6.92 Å². The van der Waals surface area contributed by atoms with Crippen LogP contribution in [0.4, 0.5) is 0 Å². The zero-order valence-electron chi connectivity index (χ0n) is 10.2. The number of piperidine rings is 1. The number of nitrogens with one attached hydrogen (secondary N) is 2. The van der Waals surface area contributed by atoms with Gasteiger partial charge >= 0.3 is 0 Å². The van der Waals surface area contributed by atoms with Crippen LogP contribution < -0.4 is 10.6 Å². The number of nitrogens with zero attached hydrogens (tertiary/aromatic N) is 1. The normalized spacial score (nSPS) is 19.9. The highest BCUT2D eigenvalue weighted by molar-refractivity contribution is 5.81. The Morgan fingerprint density at radius 3 is 3.06 bits per heavy atom. The SMILES string of the molecule is Cc1ccc(CNC(=O)C2CCCCN2)cn1. The van der Waals surface area contributed by atoms with E-state index in [0.29, 0.717) is 6.54 Å². The van der Waals surface area contributed by atoms with Crippen LogP contribution in [0.2, 0.25) is 0 Å². The van der Waals surface area contributed by atoms with Gasteiger partial charge in [0.1, 0.15) is 0 Å². The highest BCUT2D eigenvalue weighted by Crippen LogP contribution is 2.07. The van der Waals surface area contributed by atoms with E-state index in [1.54, 1.807) is 0 Å². The summed E-state index contributed by atoms with van der Waals surface area (Å²) in [4.78, 5) is 16.0. The molecule has 1 saturated heterocycles. The Morgan fingerprint density at radius 1 is 1.53 bits per heavy atom. The smallest absolute Gasteiger partial charge is 0.237 e. The van der Waals surface area contributed by atoms with Crippen LogP contribution in [0.5, 0.6) is 0 Å². The molecule has 0 saturated carbocycles. The predicted molar refractivity (Wildman–Crippen MR) is 66.5 cm³/mol. The minimum Gasteiger partial charge on any atom is -0.351 e. The fraction of sp³-hybridized carbons (Fsp3) is 0.538. The second kappa shape index (κ2) is 5.77. The Labute approximate surface area is 102 Å². The van der Waals surface area contributed by atoms with Crippen molar-refractivity contribution >= 4 is 5.91 Å². The number of rotatable bonds is 3. The van der Waals surface area contributed by atoms with Gasteiger partial charge in [0.25, 0.3) is 0 Å². The first-order chi connectivity index (χ1) is 8.25. The highest BCUT2D eigenvalue weighted by atomic mass is 16.2. The largest absolute Gasteiger partial charge is 0.351 e. The Balaban J connectivity index is 1.81. The lowest BCUT2D eigenvalue weighted by molar-refractivity contribution is -0.123. The highest BCUT2D eigenvalue weighted by Gasteiger charge is 2.19. The summed E-state index contributed by atoms with van der Waals surface area (Å²) >= 11 is 0. The minimum absolute atomic E-state index is 0.0119. The van der Waals surface area contributed by atoms with Crippen LogP contribution in [-0.2, 0) is 11.3 Å². The maximum Gasteiger partial charge on any atom is 0.237 e. The third kappa shape index (κ3) is 3.53. The van der Waals surface area contributed by atoms with Gasteiger partial charge in [-0.1, -0.05) is 12.5 Å². The molecule has 17 heavy (non-hydrogen) atoms. The van der Waals surface area contributed by atoms with Crippen molar-refractivity contribution < 1.29 is 4.79 Å². The molecule has 1 aromatic rings. The molecule has 1 aliphatic rings. The average molecular weight is 233 g/mol. The quantitative estimate of drug-likeness (QED) is 0.823. The molecule has 0 bridgehead atoms. The first kappa shape index (κ1) is 12.0. The Kier molecular flexibility index (Phi) is 4.09. The van der Waals surface area contributed by atoms with E-state index >= 15 is 0 Å². The van der Waals surface area contributed by atoms with Crippen LogP contribution in [-0.4, -0.2) is 23.5 Å². The molecule has 1 aliphatic heterocycles. The van der Waals surface area contributed by atoms with Crippen LogP contribution in [0.25, 0.3) is 0 Å². The van der Waals surface area contributed by atoms with Gasteiger partial charge in [-0.3, -0.25) is 9.78 Å². The van der Waals surface area contributed by atoms with Gasteiger partial charge in [0.05, 0.1) is 6.04 Å². The lowest BCUT2D eigenvalue weighted by Gasteiger charge is -2.22. The van der Waals surface area contributed by atoms with Crippen molar-refractivity contribution in [1.82, 2.24) is 15.6 Å². The number of hydrogen-bond donors (Lipinski definition) is 2. The van der Waals surface area contributed by atoms with Crippen LogP contribution in [0.3, 0.4) is 0 Å². The molecule has 2 N–H and O–H groups in total. The molecule has 2 heterocycles. The molecule has 0 aliphatic carbocycles. The molecule has 0 aromatic carbocycles. The number of aryl methyl sites for hydroxylation is 1. The lowest BCUT2D eigenvalue weighted by atomic mass is 10.0. The summed E-state index contributed by atoms with van der Waals surface area (Å²) in [6.07, 6.45) is 5.06. The summed E-state index contributed by atoms with van der Waals surface area (Å²) in [7, 11) is 0.